The maximum absolute atomic E-state index is 13.7. The van der Waals surface area contributed by atoms with Crippen molar-refractivity contribution in [2.75, 3.05) is 6.61 Å². The summed E-state index contributed by atoms with van der Waals surface area (Å²) in [6.45, 7) is 3.98. The number of aryl methyl sites for hydroxylation is 1. The number of nitrogens with zero attached hydrogens (tertiary/aromatic N) is 1. The molecule has 2 aromatic carbocycles. The molecule has 29 heavy (non-hydrogen) atoms. The van der Waals surface area contributed by atoms with E-state index in [-0.39, 0.29) is 24.9 Å². The number of rotatable bonds is 7. The van der Waals surface area contributed by atoms with Crippen molar-refractivity contribution < 1.29 is 19.0 Å². The van der Waals surface area contributed by atoms with Gasteiger partial charge in [-0.05, 0) is 55.3 Å². The lowest BCUT2D eigenvalue weighted by Crippen LogP contribution is -2.23. The molecule has 3 aromatic rings. The van der Waals surface area contributed by atoms with E-state index in [2.05, 4.69) is 10.3 Å². The van der Waals surface area contributed by atoms with Gasteiger partial charge in [0, 0.05) is 23.9 Å². The number of halogens is 1. The van der Waals surface area contributed by atoms with Gasteiger partial charge in [-0.15, -0.1) is 0 Å². The van der Waals surface area contributed by atoms with Crippen molar-refractivity contribution in [1.82, 2.24) is 10.3 Å². The highest BCUT2D eigenvalue weighted by molar-refractivity contribution is 5.98. The lowest BCUT2D eigenvalue weighted by Gasteiger charge is -2.14. The summed E-state index contributed by atoms with van der Waals surface area (Å²) >= 11 is 0. The number of pyridine rings is 1. The van der Waals surface area contributed by atoms with Crippen LogP contribution in [0, 0.1) is 12.7 Å². The van der Waals surface area contributed by atoms with E-state index >= 15 is 0 Å². The van der Waals surface area contributed by atoms with Crippen LogP contribution in [0.2, 0.25) is 0 Å². The number of benzene rings is 2. The summed E-state index contributed by atoms with van der Waals surface area (Å²) in [5.41, 5.74) is 3.55. The van der Waals surface area contributed by atoms with E-state index < -0.39 is 0 Å². The van der Waals surface area contributed by atoms with Crippen molar-refractivity contribution in [2.24, 2.45) is 0 Å². The number of amides is 1. The smallest absolute Gasteiger partial charge is 0.255 e. The number of carbonyl (C=O) groups is 1. The Morgan fingerprint density at radius 3 is 2.76 bits per heavy atom. The molecule has 0 aliphatic heterocycles. The highest BCUT2D eigenvalue weighted by Gasteiger charge is 2.16. The largest absolute Gasteiger partial charge is 0.493 e. The zero-order valence-corrected chi connectivity index (χ0v) is 16.4. The van der Waals surface area contributed by atoms with Crippen LogP contribution < -0.4 is 10.1 Å². The van der Waals surface area contributed by atoms with Crippen LogP contribution in [-0.2, 0) is 13.2 Å². The minimum absolute atomic E-state index is 0.156. The molecule has 3 rings (SSSR count). The van der Waals surface area contributed by atoms with E-state index in [9.17, 15) is 14.3 Å². The average molecular weight is 394 g/mol. The molecule has 5 nitrogen and oxygen atoms in total. The SMILES string of the molecule is CCOc1ccc(-c2ncccc2CO)cc1C(=O)NCc1ccc(C)c(F)c1. The van der Waals surface area contributed by atoms with Crippen molar-refractivity contribution in [3.8, 4) is 17.0 Å². The number of carbonyl (C=O) groups excluding carboxylic acids is 1. The van der Waals surface area contributed by atoms with Gasteiger partial charge in [0.1, 0.15) is 11.6 Å². The summed E-state index contributed by atoms with van der Waals surface area (Å²) in [7, 11) is 0. The molecule has 0 saturated carbocycles. The molecule has 0 radical (unpaired) electrons. The number of nitrogens with one attached hydrogen (secondary N) is 1. The van der Waals surface area contributed by atoms with Crippen molar-refractivity contribution >= 4 is 5.91 Å². The molecule has 1 aromatic heterocycles. The molecule has 0 bridgehead atoms. The lowest BCUT2D eigenvalue weighted by atomic mass is 10.0. The van der Waals surface area contributed by atoms with Crippen LogP contribution in [0.25, 0.3) is 11.3 Å². The molecule has 0 unspecified atom stereocenters. The fraction of sp³-hybridized carbons (Fsp3) is 0.217. The van der Waals surface area contributed by atoms with E-state index in [1.54, 1.807) is 55.6 Å². The standard InChI is InChI=1S/C23H23FN2O3/c1-3-29-21-9-8-17(22-18(14-27)5-4-10-25-22)12-19(21)23(28)26-13-16-7-6-15(2)20(24)11-16/h4-12,27H,3,13-14H2,1-2H3,(H,26,28). The monoisotopic (exact) mass is 394 g/mol. The van der Waals surface area contributed by atoms with Crippen molar-refractivity contribution in [3.05, 3.63) is 82.8 Å². The molecule has 0 aliphatic carbocycles. The van der Waals surface area contributed by atoms with Crippen LogP contribution in [0.15, 0.2) is 54.7 Å². The summed E-state index contributed by atoms with van der Waals surface area (Å²) < 4.78 is 19.3. The maximum Gasteiger partial charge on any atom is 0.255 e. The molecular weight excluding hydrogens is 371 g/mol. The van der Waals surface area contributed by atoms with Crippen LogP contribution >= 0.6 is 0 Å². The zero-order chi connectivity index (χ0) is 20.8. The normalized spacial score (nSPS) is 10.6. The summed E-state index contributed by atoms with van der Waals surface area (Å²) in [6.07, 6.45) is 1.64. The number of ether oxygens (including phenoxy) is 1. The minimum atomic E-state index is -0.335. The minimum Gasteiger partial charge on any atom is -0.493 e. The van der Waals surface area contributed by atoms with Gasteiger partial charge in [-0.25, -0.2) is 4.39 Å². The highest BCUT2D eigenvalue weighted by Crippen LogP contribution is 2.28. The number of aliphatic hydroxyl groups is 1. The third kappa shape index (κ3) is 4.78. The lowest BCUT2D eigenvalue weighted by molar-refractivity contribution is 0.0947. The Morgan fingerprint density at radius 1 is 1.21 bits per heavy atom. The Balaban J connectivity index is 1.89. The molecule has 0 saturated heterocycles. The Kier molecular flexibility index (Phi) is 6.57. The molecule has 1 amide bonds. The first-order valence-corrected chi connectivity index (χ1v) is 9.38. The van der Waals surface area contributed by atoms with Gasteiger partial charge >= 0.3 is 0 Å². The van der Waals surface area contributed by atoms with Gasteiger partial charge in [-0.3, -0.25) is 9.78 Å². The Morgan fingerprint density at radius 2 is 2.03 bits per heavy atom. The first-order valence-electron chi connectivity index (χ1n) is 9.38. The molecule has 150 valence electrons. The van der Waals surface area contributed by atoms with Crippen LogP contribution in [0.5, 0.6) is 5.75 Å². The summed E-state index contributed by atoms with van der Waals surface area (Å²) in [6, 6.07) is 13.6. The zero-order valence-electron chi connectivity index (χ0n) is 16.4. The molecule has 0 spiro atoms. The van der Waals surface area contributed by atoms with Gasteiger partial charge in [0.05, 0.1) is 24.5 Å². The van der Waals surface area contributed by atoms with Crippen LogP contribution in [0.4, 0.5) is 4.39 Å². The Labute approximate surface area is 169 Å². The second-order valence-electron chi connectivity index (χ2n) is 6.58. The summed E-state index contributed by atoms with van der Waals surface area (Å²) in [5.74, 6) is -0.191. The van der Waals surface area contributed by atoms with Crippen LogP contribution in [0.1, 0.15) is 34.0 Å². The molecule has 0 atom stereocenters. The maximum atomic E-state index is 13.7. The van der Waals surface area contributed by atoms with E-state index in [0.29, 0.717) is 45.9 Å². The predicted molar refractivity (Wildman–Crippen MR) is 109 cm³/mol. The van der Waals surface area contributed by atoms with E-state index in [1.807, 2.05) is 6.92 Å². The van der Waals surface area contributed by atoms with Gasteiger partial charge < -0.3 is 15.2 Å². The van der Waals surface area contributed by atoms with Gasteiger partial charge in [0.2, 0.25) is 0 Å². The fourth-order valence-electron chi connectivity index (χ4n) is 2.99. The van der Waals surface area contributed by atoms with E-state index in [0.717, 1.165) is 0 Å². The second kappa shape index (κ2) is 9.30. The van der Waals surface area contributed by atoms with E-state index in [1.165, 1.54) is 6.07 Å². The Bertz CT molecular complexity index is 1020. The summed E-state index contributed by atoms with van der Waals surface area (Å²) in [4.78, 5) is 17.2. The molecule has 0 aliphatic rings. The average Bonchev–Trinajstić information content (AvgIpc) is 2.74. The first-order chi connectivity index (χ1) is 14.0. The van der Waals surface area contributed by atoms with Crippen molar-refractivity contribution in [2.45, 2.75) is 27.0 Å². The quantitative estimate of drug-likeness (QED) is 0.635. The number of aliphatic hydroxyl groups excluding tert-OH is 1. The third-order valence-electron chi connectivity index (χ3n) is 4.55. The number of hydrogen-bond donors (Lipinski definition) is 2. The van der Waals surface area contributed by atoms with Gasteiger partial charge in [-0.2, -0.15) is 0 Å². The third-order valence-corrected chi connectivity index (χ3v) is 4.55. The van der Waals surface area contributed by atoms with E-state index in [4.69, 9.17) is 4.74 Å². The van der Waals surface area contributed by atoms with Gasteiger partial charge in [0.25, 0.3) is 5.91 Å². The van der Waals surface area contributed by atoms with Crippen LogP contribution in [0.3, 0.4) is 0 Å². The second-order valence-corrected chi connectivity index (χ2v) is 6.58. The van der Waals surface area contributed by atoms with Crippen LogP contribution in [-0.4, -0.2) is 22.6 Å². The molecule has 1 heterocycles. The van der Waals surface area contributed by atoms with Crippen molar-refractivity contribution in [1.29, 1.82) is 0 Å². The topological polar surface area (TPSA) is 71.5 Å². The molecular formula is C23H23FN2O3. The molecule has 0 fully saturated rings. The first kappa shape index (κ1) is 20.5. The van der Waals surface area contributed by atoms with Crippen molar-refractivity contribution in [3.63, 3.8) is 0 Å². The highest BCUT2D eigenvalue weighted by atomic mass is 19.1. The number of aromatic nitrogens is 1. The number of hydrogen-bond acceptors (Lipinski definition) is 4. The summed E-state index contributed by atoms with van der Waals surface area (Å²) in [5, 5.41) is 12.4. The van der Waals surface area contributed by atoms with Gasteiger partial charge in [0.15, 0.2) is 0 Å². The van der Waals surface area contributed by atoms with Gasteiger partial charge in [-0.1, -0.05) is 18.2 Å². The predicted octanol–water partition coefficient (Wildman–Crippen LogP) is 4.02. The molecule has 2 N–H and O–H groups in total. The Hall–Kier alpha value is -3.25. The fourth-order valence-corrected chi connectivity index (χ4v) is 2.99. The molecule has 6 heteroatoms.